The molecule has 2 fully saturated rings. The number of nitrogens with one attached hydrogen (secondary N) is 2. The largest absolute Gasteiger partial charge is 0.375 e. The number of fused-ring (bicyclic) bond motifs is 1. The number of hydrogen-bond acceptors (Lipinski definition) is 5. The lowest BCUT2D eigenvalue weighted by molar-refractivity contribution is -0.123. The Labute approximate surface area is 195 Å². The van der Waals surface area contributed by atoms with Crippen molar-refractivity contribution in [2.75, 3.05) is 23.9 Å². The molecule has 2 saturated carbocycles. The second kappa shape index (κ2) is 10.7. The molecule has 0 spiro atoms. The Kier molecular flexibility index (Phi) is 7.65. The van der Waals surface area contributed by atoms with E-state index in [0.29, 0.717) is 16.9 Å². The van der Waals surface area contributed by atoms with Gasteiger partial charge in [0, 0.05) is 37.2 Å². The number of amides is 3. The highest BCUT2D eigenvalue weighted by molar-refractivity contribution is 6.06. The third-order valence-electron chi connectivity index (χ3n) is 7.38. The molecule has 1 aliphatic heterocycles. The summed E-state index contributed by atoms with van der Waals surface area (Å²) in [5.74, 6) is -0.244. The number of anilines is 2. The molecule has 1 heterocycles. The van der Waals surface area contributed by atoms with Crippen molar-refractivity contribution >= 4 is 29.1 Å². The average Bonchev–Trinajstić information content (AvgIpc) is 2.96. The van der Waals surface area contributed by atoms with Crippen LogP contribution in [0.25, 0.3) is 0 Å². The number of methoxy groups -OCH3 is 1. The molecule has 4 rings (SSSR count). The molecule has 1 aromatic rings. The fourth-order valence-corrected chi connectivity index (χ4v) is 5.65. The Bertz CT molecular complexity index is 883. The number of nitrogens with zero attached hydrogens (tertiary/aromatic N) is 1. The molecule has 3 amide bonds. The van der Waals surface area contributed by atoms with Crippen molar-refractivity contribution in [3.63, 3.8) is 0 Å². The molecule has 8 heteroatoms. The van der Waals surface area contributed by atoms with Crippen molar-refractivity contribution in [3.8, 4) is 0 Å². The maximum absolute atomic E-state index is 13.2. The number of ether oxygens (including phenoxy) is 1. The van der Waals surface area contributed by atoms with E-state index in [0.717, 1.165) is 51.4 Å². The molecule has 2 aliphatic carbocycles. The minimum atomic E-state index is -0.214. The molecule has 0 bridgehead atoms. The molecule has 0 aromatic heterocycles. The molecule has 0 radical (unpaired) electrons. The van der Waals surface area contributed by atoms with E-state index in [1.807, 2.05) is 0 Å². The van der Waals surface area contributed by atoms with Crippen LogP contribution in [0.4, 0.5) is 11.4 Å². The van der Waals surface area contributed by atoms with Gasteiger partial charge in [0.15, 0.2) is 0 Å². The lowest BCUT2D eigenvalue weighted by Gasteiger charge is -2.37. The zero-order chi connectivity index (χ0) is 23.4. The Hall–Kier alpha value is -2.45. The van der Waals surface area contributed by atoms with Gasteiger partial charge in [0.25, 0.3) is 11.8 Å². The first-order valence-corrected chi connectivity index (χ1v) is 12.3. The van der Waals surface area contributed by atoms with Gasteiger partial charge in [-0.05, 0) is 49.8 Å². The van der Waals surface area contributed by atoms with Gasteiger partial charge in [-0.2, -0.15) is 0 Å². The van der Waals surface area contributed by atoms with E-state index in [9.17, 15) is 14.4 Å². The number of carbonyl (C=O) groups is 3. The smallest absolute Gasteiger partial charge is 0.253 e. The SMILES string of the molecule is COCC(=O)N1c2ccc(C(=O)NC3CCCCC3N)cc2NC(=O)CC1C1CCCCC1. The van der Waals surface area contributed by atoms with Gasteiger partial charge in [-0.25, -0.2) is 0 Å². The van der Waals surface area contributed by atoms with Crippen LogP contribution in [0.1, 0.15) is 74.6 Å². The number of rotatable bonds is 5. The fraction of sp³-hybridized carbons (Fsp3) is 0.640. The monoisotopic (exact) mass is 456 g/mol. The first-order chi connectivity index (χ1) is 16.0. The predicted octanol–water partition coefficient (Wildman–Crippen LogP) is 2.96. The van der Waals surface area contributed by atoms with Gasteiger partial charge in [0.2, 0.25) is 5.91 Å². The van der Waals surface area contributed by atoms with Crippen LogP contribution in [0.15, 0.2) is 18.2 Å². The second-order valence-corrected chi connectivity index (χ2v) is 9.67. The normalized spacial score (nSPS) is 26.2. The molecule has 0 saturated heterocycles. The van der Waals surface area contributed by atoms with Crippen LogP contribution in [0.3, 0.4) is 0 Å². The molecule has 4 N–H and O–H groups in total. The predicted molar refractivity (Wildman–Crippen MR) is 127 cm³/mol. The zero-order valence-electron chi connectivity index (χ0n) is 19.5. The lowest BCUT2D eigenvalue weighted by atomic mass is 9.81. The number of carbonyl (C=O) groups excluding carboxylic acids is 3. The minimum Gasteiger partial charge on any atom is -0.375 e. The molecule has 33 heavy (non-hydrogen) atoms. The van der Waals surface area contributed by atoms with Crippen LogP contribution in [0, 0.1) is 5.92 Å². The number of nitrogens with two attached hydrogens (primary N) is 1. The standard InChI is InChI=1S/C25H36N4O4/c1-33-15-24(31)29-21-12-11-17(25(32)28-19-10-6-5-9-18(19)26)13-20(21)27-23(30)14-22(29)16-7-3-2-4-8-16/h11-13,16,18-19,22H,2-10,14-15,26H2,1H3,(H,27,30)(H,28,32). The van der Waals surface area contributed by atoms with Crippen molar-refractivity contribution in [2.24, 2.45) is 11.7 Å². The Balaban J connectivity index is 1.63. The summed E-state index contributed by atoms with van der Waals surface area (Å²) in [4.78, 5) is 40.7. The summed E-state index contributed by atoms with van der Waals surface area (Å²) < 4.78 is 5.16. The molecule has 3 aliphatic rings. The van der Waals surface area contributed by atoms with Crippen LogP contribution in [-0.4, -0.2) is 49.6 Å². The average molecular weight is 457 g/mol. The van der Waals surface area contributed by atoms with Crippen LogP contribution in [0.5, 0.6) is 0 Å². The molecule has 3 atom stereocenters. The van der Waals surface area contributed by atoms with Crippen molar-refractivity contribution in [1.29, 1.82) is 0 Å². The van der Waals surface area contributed by atoms with Gasteiger partial charge in [-0.1, -0.05) is 32.1 Å². The van der Waals surface area contributed by atoms with Crippen LogP contribution in [-0.2, 0) is 14.3 Å². The second-order valence-electron chi connectivity index (χ2n) is 9.67. The third kappa shape index (κ3) is 5.38. The number of benzene rings is 1. The Morgan fingerprint density at radius 3 is 2.58 bits per heavy atom. The van der Waals surface area contributed by atoms with E-state index < -0.39 is 0 Å². The molecular formula is C25H36N4O4. The van der Waals surface area contributed by atoms with Crippen molar-refractivity contribution in [3.05, 3.63) is 23.8 Å². The van der Waals surface area contributed by atoms with Gasteiger partial charge in [0.05, 0.1) is 11.4 Å². The van der Waals surface area contributed by atoms with E-state index in [2.05, 4.69) is 10.6 Å². The Morgan fingerprint density at radius 1 is 1.12 bits per heavy atom. The minimum absolute atomic E-state index is 0.0401. The molecule has 180 valence electrons. The highest BCUT2D eigenvalue weighted by Gasteiger charge is 2.38. The van der Waals surface area contributed by atoms with Gasteiger partial charge in [-0.15, -0.1) is 0 Å². The zero-order valence-corrected chi connectivity index (χ0v) is 19.5. The number of hydrogen-bond donors (Lipinski definition) is 3. The molecule has 8 nitrogen and oxygen atoms in total. The van der Waals surface area contributed by atoms with Gasteiger partial charge < -0.3 is 26.0 Å². The molecule has 3 unspecified atom stereocenters. The van der Waals surface area contributed by atoms with Gasteiger partial charge >= 0.3 is 0 Å². The highest BCUT2D eigenvalue weighted by Crippen LogP contribution is 2.39. The first kappa shape index (κ1) is 23.7. The van der Waals surface area contributed by atoms with Gasteiger partial charge in [-0.3, -0.25) is 14.4 Å². The summed E-state index contributed by atoms with van der Waals surface area (Å²) >= 11 is 0. The summed E-state index contributed by atoms with van der Waals surface area (Å²) in [6.45, 7) is -0.0569. The van der Waals surface area contributed by atoms with Crippen LogP contribution in [0.2, 0.25) is 0 Å². The van der Waals surface area contributed by atoms with Gasteiger partial charge in [0.1, 0.15) is 6.61 Å². The van der Waals surface area contributed by atoms with E-state index in [4.69, 9.17) is 10.5 Å². The molecule has 1 aromatic carbocycles. The summed E-state index contributed by atoms with van der Waals surface area (Å²) in [6.07, 6.45) is 9.60. The lowest BCUT2D eigenvalue weighted by Crippen LogP contribution is -2.49. The van der Waals surface area contributed by atoms with E-state index in [1.54, 1.807) is 23.1 Å². The van der Waals surface area contributed by atoms with E-state index in [-0.39, 0.29) is 54.8 Å². The molecular weight excluding hydrogens is 420 g/mol. The quantitative estimate of drug-likeness (QED) is 0.630. The third-order valence-corrected chi connectivity index (χ3v) is 7.38. The highest BCUT2D eigenvalue weighted by atomic mass is 16.5. The van der Waals surface area contributed by atoms with Crippen molar-refractivity contribution < 1.29 is 19.1 Å². The van der Waals surface area contributed by atoms with Crippen LogP contribution < -0.4 is 21.3 Å². The van der Waals surface area contributed by atoms with E-state index in [1.165, 1.54) is 13.5 Å². The van der Waals surface area contributed by atoms with Crippen molar-refractivity contribution in [2.45, 2.75) is 82.3 Å². The Morgan fingerprint density at radius 2 is 1.85 bits per heavy atom. The summed E-state index contributed by atoms with van der Waals surface area (Å²) in [5.41, 5.74) is 7.76. The maximum atomic E-state index is 13.2. The maximum Gasteiger partial charge on any atom is 0.253 e. The van der Waals surface area contributed by atoms with Crippen molar-refractivity contribution in [1.82, 2.24) is 5.32 Å². The summed E-state index contributed by atoms with van der Waals surface area (Å²) in [7, 11) is 1.50. The first-order valence-electron chi connectivity index (χ1n) is 12.3. The topological polar surface area (TPSA) is 114 Å². The van der Waals surface area contributed by atoms with E-state index >= 15 is 0 Å². The summed E-state index contributed by atoms with van der Waals surface area (Å²) in [5, 5.41) is 6.00. The summed E-state index contributed by atoms with van der Waals surface area (Å²) in [6, 6.07) is 4.88. The van der Waals surface area contributed by atoms with Crippen LogP contribution >= 0.6 is 0 Å². The fourth-order valence-electron chi connectivity index (χ4n) is 5.65.